The lowest BCUT2D eigenvalue weighted by molar-refractivity contribution is -0.383. The van der Waals surface area contributed by atoms with Crippen LogP contribution in [0.3, 0.4) is 0 Å². The highest BCUT2D eigenvalue weighted by molar-refractivity contribution is 6.02. The second-order valence-corrected chi connectivity index (χ2v) is 6.14. The maximum absolute atomic E-state index is 11.6. The van der Waals surface area contributed by atoms with Crippen LogP contribution in [0, 0.1) is 37.8 Å². The molecular weight excluding hydrogens is 302 g/mol. The van der Waals surface area contributed by atoms with Crippen molar-refractivity contribution in [1.82, 2.24) is 4.98 Å². The highest BCUT2D eigenvalue weighted by atomic mass is 16.6. The number of anilines is 2. The Hall–Kier alpha value is -2.95. The van der Waals surface area contributed by atoms with Crippen molar-refractivity contribution in [1.29, 1.82) is 0 Å². The predicted octanol–water partition coefficient (Wildman–Crippen LogP) is 5.12. The summed E-state index contributed by atoms with van der Waals surface area (Å²) in [4.78, 5) is 15.8. The van der Waals surface area contributed by atoms with E-state index >= 15 is 0 Å². The lowest BCUT2D eigenvalue weighted by atomic mass is 10.0. The molecule has 0 aliphatic carbocycles. The predicted molar refractivity (Wildman–Crippen MR) is 97.1 cm³/mol. The molecule has 0 radical (unpaired) electrons. The van der Waals surface area contributed by atoms with E-state index in [9.17, 15) is 10.1 Å². The molecule has 0 bridgehead atoms. The Bertz CT molecular complexity index is 947. The molecule has 5 nitrogen and oxygen atoms in total. The molecule has 0 spiro atoms. The highest BCUT2D eigenvalue weighted by Crippen LogP contribution is 2.37. The van der Waals surface area contributed by atoms with Crippen molar-refractivity contribution in [3.8, 4) is 0 Å². The van der Waals surface area contributed by atoms with E-state index in [1.165, 1.54) is 0 Å². The van der Waals surface area contributed by atoms with Gasteiger partial charge in [-0.05, 0) is 57.5 Å². The van der Waals surface area contributed by atoms with Gasteiger partial charge in [0, 0.05) is 16.9 Å². The summed E-state index contributed by atoms with van der Waals surface area (Å²) in [6, 6.07) is 11.6. The van der Waals surface area contributed by atoms with Crippen LogP contribution in [-0.4, -0.2) is 9.91 Å². The van der Waals surface area contributed by atoms with Gasteiger partial charge in [-0.3, -0.25) is 15.1 Å². The molecule has 0 fully saturated rings. The summed E-state index contributed by atoms with van der Waals surface area (Å²) in [5, 5.41) is 15.5. The van der Waals surface area contributed by atoms with E-state index in [-0.39, 0.29) is 10.6 Å². The van der Waals surface area contributed by atoms with Gasteiger partial charge in [0.1, 0.15) is 5.39 Å². The van der Waals surface area contributed by atoms with Crippen molar-refractivity contribution in [3.63, 3.8) is 0 Å². The number of nitro benzene ring substituents is 1. The fourth-order valence-corrected chi connectivity index (χ4v) is 2.98. The third kappa shape index (κ3) is 2.80. The third-order valence-electron chi connectivity index (χ3n) is 4.08. The minimum absolute atomic E-state index is 0.109. The topological polar surface area (TPSA) is 68.1 Å². The number of aromatic nitrogens is 1. The van der Waals surface area contributed by atoms with Gasteiger partial charge in [0.25, 0.3) is 5.69 Å². The second-order valence-electron chi connectivity index (χ2n) is 6.14. The number of aryl methyl sites for hydroxylation is 4. The molecule has 0 saturated carbocycles. The average Bonchev–Trinajstić information content (AvgIpc) is 2.50. The Labute approximate surface area is 140 Å². The molecular formula is C19H19N3O2. The number of fused-ring (bicyclic) bond motifs is 1. The summed E-state index contributed by atoms with van der Waals surface area (Å²) in [5.74, 6) is 0. The van der Waals surface area contributed by atoms with Crippen LogP contribution >= 0.6 is 0 Å². The van der Waals surface area contributed by atoms with Gasteiger partial charge in [-0.15, -0.1) is 0 Å². The standard InChI is InChI=1S/C19H19N3O2/c1-11-5-7-15(8-6-11)21-16-10-14(4)20-18-12(2)9-13(3)19(17(16)18)22(23)24/h5-10H,1-4H3,(H,20,21). The molecule has 1 heterocycles. The van der Waals surface area contributed by atoms with Gasteiger partial charge < -0.3 is 5.32 Å². The van der Waals surface area contributed by atoms with Crippen LogP contribution in [0.15, 0.2) is 36.4 Å². The van der Waals surface area contributed by atoms with E-state index in [1.54, 1.807) is 6.92 Å². The van der Waals surface area contributed by atoms with Gasteiger partial charge in [-0.2, -0.15) is 0 Å². The van der Waals surface area contributed by atoms with E-state index in [0.29, 0.717) is 22.2 Å². The fraction of sp³-hybridized carbons (Fsp3) is 0.211. The summed E-state index contributed by atoms with van der Waals surface area (Å²) in [6.07, 6.45) is 0. The maximum Gasteiger partial charge on any atom is 0.283 e. The van der Waals surface area contributed by atoms with Gasteiger partial charge in [0.2, 0.25) is 0 Å². The minimum Gasteiger partial charge on any atom is -0.355 e. The highest BCUT2D eigenvalue weighted by Gasteiger charge is 2.22. The number of nitrogens with zero attached hydrogens (tertiary/aromatic N) is 2. The van der Waals surface area contributed by atoms with Crippen molar-refractivity contribution >= 4 is 28.0 Å². The van der Waals surface area contributed by atoms with Crippen LogP contribution in [0.5, 0.6) is 0 Å². The van der Waals surface area contributed by atoms with Gasteiger partial charge in [-0.25, -0.2) is 0 Å². The smallest absolute Gasteiger partial charge is 0.283 e. The molecule has 3 rings (SSSR count). The third-order valence-corrected chi connectivity index (χ3v) is 4.08. The summed E-state index contributed by atoms with van der Waals surface area (Å²) < 4.78 is 0. The lowest BCUT2D eigenvalue weighted by Gasteiger charge is -2.14. The summed E-state index contributed by atoms with van der Waals surface area (Å²) in [7, 11) is 0. The van der Waals surface area contributed by atoms with Crippen LogP contribution in [-0.2, 0) is 0 Å². The monoisotopic (exact) mass is 321 g/mol. The molecule has 24 heavy (non-hydrogen) atoms. The number of benzene rings is 2. The van der Waals surface area contributed by atoms with Crippen molar-refractivity contribution in [2.24, 2.45) is 0 Å². The Kier molecular flexibility index (Phi) is 3.93. The zero-order chi connectivity index (χ0) is 17.4. The molecule has 2 aromatic carbocycles. The van der Waals surface area contributed by atoms with Crippen LogP contribution in [0.1, 0.15) is 22.4 Å². The first-order chi connectivity index (χ1) is 11.4. The molecule has 0 unspecified atom stereocenters. The number of pyridine rings is 1. The number of nitro groups is 1. The van der Waals surface area contributed by atoms with E-state index in [2.05, 4.69) is 10.3 Å². The number of nitrogens with one attached hydrogen (secondary N) is 1. The Morgan fingerprint density at radius 1 is 1.00 bits per heavy atom. The minimum atomic E-state index is -0.325. The average molecular weight is 321 g/mol. The summed E-state index contributed by atoms with van der Waals surface area (Å²) >= 11 is 0. The van der Waals surface area contributed by atoms with Crippen LogP contribution in [0.25, 0.3) is 10.9 Å². The molecule has 0 atom stereocenters. The van der Waals surface area contributed by atoms with Crippen molar-refractivity contribution in [2.75, 3.05) is 5.32 Å². The van der Waals surface area contributed by atoms with Gasteiger partial charge in [-0.1, -0.05) is 17.7 Å². The molecule has 3 aromatic rings. The Morgan fingerprint density at radius 3 is 2.29 bits per heavy atom. The first-order valence-corrected chi connectivity index (χ1v) is 7.76. The van der Waals surface area contributed by atoms with Crippen LogP contribution in [0.4, 0.5) is 17.1 Å². The Morgan fingerprint density at radius 2 is 1.67 bits per heavy atom. The van der Waals surface area contributed by atoms with Crippen LogP contribution in [0.2, 0.25) is 0 Å². The zero-order valence-corrected chi connectivity index (χ0v) is 14.2. The van der Waals surface area contributed by atoms with E-state index in [4.69, 9.17) is 0 Å². The molecule has 1 N–H and O–H groups in total. The van der Waals surface area contributed by atoms with E-state index in [0.717, 1.165) is 22.5 Å². The van der Waals surface area contributed by atoms with Crippen molar-refractivity contribution < 1.29 is 4.92 Å². The summed E-state index contributed by atoms with van der Waals surface area (Å²) in [5.41, 5.74) is 5.93. The normalized spacial score (nSPS) is 10.8. The molecule has 0 aliphatic rings. The molecule has 0 aliphatic heterocycles. The lowest BCUT2D eigenvalue weighted by Crippen LogP contribution is -2.01. The fourth-order valence-electron chi connectivity index (χ4n) is 2.98. The molecule has 122 valence electrons. The largest absolute Gasteiger partial charge is 0.355 e. The van der Waals surface area contributed by atoms with Gasteiger partial charge in [0.05, 0.1) is 16.1 Å². The van der Waals surface area contributed by atoms with Gasteiger partial charge >= 0.3 is 0 Å². The van der Waals surface area contributed by atoms with E-state index in [1.807, 2.05) is 57.2 Å². The SMILES string of the molecule is Cc1ccc(Nc2cc(C)nc3c(C)cc(C)c([N+](=O)[O-])c23)cc1. The zero-order valence-electron chi connectivity index (χ0n) is 14.2. The maximum atomic E-state index is 11.6. The Balaban J connectivity index is 2.29. The number of hydrogen-bond donors (Lipinski definition) is 1. The van der Waals surface area contributed by atoms with Crippen molar-refractivity contribution in [3.05, 3.63) is 68.9 Å². The van der Waals surface area contributed by atoms with E-state index < -0.39 is 0 Å². The van der Waals surface area contributed by atoms with Crippen molar-refractivity contribution in [2.45, 2.75) is 27.7 Å². The first kappa shape index (κ1) is 15.9. The summed E-state index contributed by atoms with van der Waals surface area (Å²) in [6.45, 7) is 7.61. The van der Waals surface area contributed by atoms with Crippen LogP contribution < -0.4 is 5.32 Å². The molecule has 5 heteroatoms. The molecule has 1 aromatic heterocycles. The molecule has 0 saturated heterocycles. The number of rotatable bonds is 3. The quantitative estimate of drug-likeness (QED) is 0.537. The number of hydrogen-bond acceptors (Lipinski definition) is 4. The van der Waals surface area contributed by atoms with Gasteiger partial charge in [0.15, 0.2) is 0 Å². The second kappa shape index (κ2) is 5.92. The first-order valence-electron chi connectivity index (χ1n) is 7.76. The molecule has 0 amide bonds.